The monoisotopic (exact) mass is 376 g/mol. The number of rotatable bonds is 5. The van der Waals surface area contributed by atoms with Gasteiger partial charge in [0.1, 0.15) is 4.90 Å². The molecule has 0 bridgehead atoms. The number of nitrogen functional groups attached to an aromatic ring is 1. The summed E-state index contributed by atoms with van der Waals surface area (Å²) in [5, 5.41) is 0. The Morgan fingerprint density at radius 2 is 2.14 bits per heavy atom. The van der Waals surface area contributed by atoms with Crippen LogP contribution in [0.1, 0.15) is 19.3 Å². The minimum Gasteiger partial charge on any atom is -0.376 e. The van der Waals surface area contributed by atoms with Crippen molar-refractivity contribution < 1.29 is 13.2 Å². The molecule has 3 rings (SSSR count). The van der Waals surface area contributed by atoms with Crippen LogP contribution in [0.2, 0.25) is 0 Å². The van der Waals surface area contributed by atoms with Crippen LogP contribution in [0.3, 0.4) is 0 Å². The van der Waals surface area contributed by atoms with Crippen molar-refractivity contribution >= 4 is 31.8 Å². The molecule has 0 aromatic carbocycles. The lowest BCUT2D eigenvalue weighted by atomic mass is 10.1. The van der Waals surface area contributed by atoms with Crippen LogP contribution in [0.4, 0.5) is 5.82 Å². The van der Waals surface area contributed by atoms with Crippen LogP contribution >= 0.6 is 15.9 Å². The number of nitrogens with one attached hydrogen (secondary N) is 2. The number of ether oxygens (including phenoxy) is 1. The largest absolute Gasteiger partial charge is 0.376 e. The minimum atomic E-state index is -3.71. The number of hydrogen-bond acceptors (Lipinski definition) is 6. The highest BCUT2D eigenvalue weighted by atomic mass is 79.9. The number of sulfonamides is 1. The maximum absolute atomic E-state index is 12.6. The Hall–Kier alpha value is -0.740. The maximum Gasteiger partial charge on any atom is 0.244 e. The number of hydrogen-bond donors (Lipinski definition) is 3. The average molecular weight is 377 g/mol. The summed E-state index contributed by atoms with van der Waals surface area (Å²) >= 11 is 3.23. The molecule has 1 saturated heterocycles. The molecule has 116 valence electrons. The zero-order chi connectivity index (χ0) is 15.0. The topological polar surface area (TPSA) is 106 Å². The van der Waals surface area contributed by atoms with Crippen molar-refractivity contribution in [1.82, 2.24) is 9.71 Å². The van der Waals surface area contributed by atoms with Crippen molar-refractivity contribution in [3.63, 3.8) is 0 Å². The molecule has 21 heavy (non-hydrogen) atoms. The third kappa shape index (κ3) is 3.21. The summed E-state index contributed by atoms with van der Waals surface area (Å²) in [6.45, 7) is 0.590. The molecule has 1 saturated carbocycles. The van der Waals surface area contributed by atoms with E-state index in [1.165, 1.54) is 12.3 Å². The van der Waals surface area contributed by atoms with Gasteiger partial charge in [0, 0.05) is 17.3 Å². The number of nitrogens with two attached hydrogens (primary N) is 1. The second kappa shape index (κ2) is 5.81. The lowest BCUT2D eigenvalue weighted by molar-refractivity contribution is 0.0848. The van der Waals surface area contributed by atoms with E-state index < -0.39 is 10.0 Å². The molecule has 1 aromatic heterocycles. The van der Waals surface area contributed by atoms with E-state index in [-0.39, 0.29) is 22.9 Å². The Morgan fingerprint density at radius 3 is 2.81 bits per heavy atom. The van der Waals surface area contributed by atoms with Crippen molar-refractivity contribution in [2.75, 3.05) is 12.0 Å². The van der Waals surface area contributed by atoms with E-state index in [1.54, 1.807) is 0 Å². The molecule has 0 spiro atoms. The van der Waals surface area contributed by atoms with Gasteiger partial charge in [0.15, 0.2) is 5.82 Å². The van der Waals surface area contributed by atoms with Crippen molar-refractivity contribution in [3.05, 3.63) is 16.7 Å². The summed E-state index contributed by atoms with van der Waals surface area (Å²) in [6, 6.07) is 1.29. The van der Waals surface area contributed by atoms with Gasteiger partial charge >= 0.3 is 0 Å². The lowest BCUT2D eigenvalue weighted by Gasteiger charge is -2.20. The number of hydrazine groups is 1. The van der Waals surface area contributed by atoms with Gasteiger partial charge in [-0.2, -0.15) is 0 Å². The summed E-state index contributed by atoms with van der Waals surface area (Å²) in [4.78, 5) is 4.00. The van der Waals surface area contributed by atoms with E-state index in [0.29, 0.717) is 23.4 Å². The third-order valence-corrected chi connectivity index (χ3v) is 5.71. The Balaban J connectivity index is 1.85. The molecule has 2 heterocycles. The molecule has 0 amide bonds. The molecule has 2 atom stereocenters. The molecule has 2 aliphatic rings. The maximum atomic E-state index is 12.6. The van der Waals surface area contributed by atoms with E-state index in [9.17, 15) is 8.42 Å². The molecule has 4 N–H and O–H groups in total. The Bertz CT molecular complexity index is 635. The molecule has 9 heteroatoms. The summed E-state index contributed by atoms with van der Waals surface area (Å²) in [5.41, 5.74) is 2.32. The normalized spacial score (nSPS) is 26.0. The summed E-state index contributed by atoms with van der Waals surface area (Å²) in [6.07, 6.45) is 4.37. The number of anilines is 1. The van der Waals surface area contributed by atoms with Crippen LogP contribution in [-0.2, 0) is 14.8 Å². The quantitative estimate of drug-likeness (QED) is 0.522. The SMILES string of the molecule is NNc1ncc(Br)cc1S(=O)(=O)NC1CCOC1C1CC1. The molecule has 7 nitrogen and oxygen atoms in total. The van der Waals surface area contributed by atoms with Gasteiger partial charge in [-0.05, 0) is 47.2 Å². The molecule has 2 unspecified atom stereocenters. The van der Waals surface area contributed by atoms with Crippen LogP contribution in [0.25, 0.3) is 0 Å². The van der Waals surface area contributed by atoms with E-state index in [4.69, 9.17) is 10.6 Å². The van der Waals surface area contributed by atoms with Crippen molar-refractivity contribution in [2.24, 2.45) is 11.8 Å². The number of aromatic nitrogens is 1. The van der Waals surface area contributed by atoms with E-state index in [2.05, 4.69) is 31.1 Å². The zero-order valence-electron chi connectivity index (χ0n) is 11.3. The van der Waals surface area contributed by atoms with Crippen molar-refractivity contribution in [2.45, 2.75) is 36.3 Å². The van der Waals surface area contributed by atoms with Crippen LogP contribution in [0.5, 0.6) is 0 Å². The molecule has 0 radical (unpaired) electrons. The van der Waals surface area contributed by atoms with Gasteiger partial charge in [-0.15, -0.1) is 0 Å². The fourth-order valence-corrected chi connectivity index (χ4v) is 4.53. The number of nitrogens with zero attached hydrogens (tertiary/aromatic N) is 1. The average Bonchev–Trinajstić information content (AvgIpc) is 3.19. The van der Waals surface area contributed by atoms with Crippen molar-refractivity contribution in [1.29, 1.82) is 0 Å². The lowest BCUT2D eigenvalue weighted by Crippen LogP contribution is -2.41. The number of pyridine rings is 1. The van der Waals surface area contributed by atoms with Gasteiger partial charge in [-0.1, -0.05) is 0 Å². The molecule has 1 aromatic rings. The van der Waals surface area contributed by atoms with Gasteiger partial charge < -0.3 is 10.2 Å². The summed E-state index contributed by atoms with van der Waals surface area (Å²) in [5.74, 6) is 5.94. The highest BCUT2D eigenvalue weighted by Gasteiger charge is 2.42. The van der Waals surface area contributed by atoms with Gasteiger partial charge in [0.2, 0.25) is 10.0 Å². The first-order valence-electron chi connectivity index (χ1n) is 6.77. The first-order valence-corrected chi connectivity index (χ1v) is 9.05. The second-order valence-electron chi connectivity index (χ2n) is 5.33. The van der Waals surface area contributed by atoms with Crippen LogP contribution in [0.15, 0.2) is 21.6 Å². The van der Waals surface area contributed by atoms with Crippen LogP contribution in [0, 0.1) is 5.92 Å². The second-order valence-corrected chi connectivity index (χ2v) is 7.93. The molecular formula is C12H17BrN4O3S. The van der Waals surface area contributed by atoms with Gasteiger partial charge in [-0.25, -0.2) is 24.0 Å². The van der Waals surface area contributed by atoms with E-state index in [1.807, 2.05) is 0 Å². The summed E-state index contributed by atoms with van der Waals surface area (Å²) < 4.78 is 34.1. The molecular weight excluding hydrogens is 360 g/mol. The zero-order valence-corrected chi connectivity index (χ0v) is 13.7. The van der Waals surface area contributed by atoms with Crippen LogP contribution < -0.4 is 16.0 Å². The Kier molecular flexibility index (Phi) is 4.19. The van der Waals surface area contributed by atoms with E-state index in [0.717, 1.165) is 12.8 Å². The molecule has 1 aliphatic carbocycles. The van der Waals surface area contributed by atoms with Gasteiger partial charge in [-0.3, -0.25) is 0 Å². The smallest absolute Gasteiger partial charge is 0.244 e. The van der Waals surface area contributed by atoms with Gasteiger partial charge in [0.05, 0.1) is 12.1 Å². The first kappa shape index (κ1) is 15.2. The highest BCUT2D eigenvalue weighted by molar-refractivity contribution is 9.10. The van der Waals surface area contributed by atoms with E-state index >= 15 is 0 Å². The predicted molar refractivity (Wildman–Crippen MR) is 80.9 cm³/mol. The minimum absolute atomic E-state index is 0.0193. The predicted octanol–water partition coefficient (Wildman–Crippen LogP) is 0.975. The van der Waals surface area contributed by atoms with Crippen LogP contribution in [-0.4, -0.2) is 32.2 Å². The standard InChI is InChI=1S/C12H17BrN4O3S/c13-8-5-10(12(16-14)15-6-8)21(18,19)17-9-3-4-20-11(9)7-1-2-7/h5-7,9,11,17H,1-4,14H2,(H,15,16). The first-order chi connectivity index (χ1) is 10.0. The number of halogens is 1. The highest BCUT2D eigenvalue weighted by Crippen LogP contribution is 2.39. The fourth-order valence-electron chi connectivity index (χ4n) is 2.62. The molecule has 2 fully saturated rings. The molecule has 1 aliphatic heterocycles. The van der Waals surface area contributed by atoms with Crippen molar-refractivity contribution in [3.8, 4) is 0 Å². The fraction of sp³-hybridized carbons (Fsp3) is 0.583. The summed E-state index contributed by atoms with van der Waals surface area (Å²) in [7, 11) is -3.71. The Labute approximate surface area is 131 Å². The third-order valence-electron chi connectivity index (χ3n) is 3.77. The van der Waals surface area contributed by atoms with Gasteiger partial charge in [0.25, 0.3) is 0 Å². The Morgan fingerprint density at radius 1 is 1.38 bits per heavy atom.